The van der Waals surface area contributed by atoms with Crippen molar-refractivity contribution >= 4 is 11.9 Å². The van der Waals surface area contributed by atoms with Crippen LogP contribution in [0.25, 0.3) is 0 Å². The summed E-state index contributed by atoms with van der Waals surface area (Å²) in [5.41, 5.74) is 1.82. The molecule has 0 saturated heterocycles. The number of allylic oxidation sites excluding steroid dienone is 3. The van der Waals surface area contributed by atoms with Gasteiger partial charge >= 0.3 is 11.9 Å². The lowest BCUT2D eigenvalue weighted by Crippen LogP contribution is -2.24. The van der Waals surface area contributed by atoms with Gasteiger partial charge in [-0.15, -0.1) is 0 Å². The molecule has 6 nitrogen and oxygen atoms in total. The van der Waals surface area contributed by atoms with E-state index in [9.17, 15) is 19.8 Å². The first-order chi connectivity index (χ1) is 14.9. The number of hydrogen-bond acceptors (Lipinski definition) is 6. The van der Waals surface area contributed by atoms with E-state index >= 15 is 0 Å². The molecule has 0 amide bonds. The highest BCUT2D eigenvalue weighted by atomic mass is 16.5. The van der Waals surface area contributed by atoms with Crippen LogP contribution in [-0.4, -0.2) is 35.4 Å². The lowest BCUT2D eigenvalue weighted by Gasteiger charge is -2.28. The topological polar surface area (TPSA) is 93.1 Å². The fourth-order valence-electron chi connectivity index (χ4n) is 4.15. The van der Waals surface area contributed by atoms with Crippen LogP contribution in [0.4, 0.5) is 0 Å². The van der Waals surface area contributed by atoms with E-state index in [1.807, 2.05) is 13.0 Å². The van der Waals surface area contributed by atoms with Crippen molar-refractivity contribution in [3.8, 4) is 5.75 Å². The molecule has 1 aromatic rings. The van der Waals surface area contributed by atoms with Gasteiger partial charge in [0.25, 0.3) is 0 Å². The second kappa shape index (κ2) is 11.0. The number of esters is 2. The number of carbonyl (C=O) groups is 2. The Balaban J connectivity index is 1.30. The second-order valence-electron chi connectivity index (χ2n) is 8.78. The van der Waals surface area contributed by atoms with Crippen molar-refractivity contribution in [1.29, 1.82) is 0 Å². The summed E-state index contributed by atoms with van der Waals surface area (Å²) < 4.78 is 10.9. The molecule has 1 fully saturated rings. The monoisotopic (exact) mass is 428 g/mol. The fraction of sp³-hybridized carbons (Fsp3) is 0.520. The maximum atomic E-state index is 12.2. The number of ether oxygens (including phenoxy) is 2. The third kappa shape index (κ3) is 7.46. The van der Waals surface area contributed by atoms with E-state index in [0.717, 1.165) is 36.8 Å². The lowest BCUT2D eigenvalue weighted by molar-refractivity contribution is -0.147. The summed E-state index contributed by atoms with van der Waals surface area (Å²) in [6, 6.07) is 6.56. The molecule has 1 atom stereocenters. The van der Waals surface area contributed by atoms with Gasteiger partial charge in [0.2, 0.25) is 0 Å². The molecule has 2 aliphatic rings. The van der Waals surface area contributed by atoms with E-state index in [1.165, 1.54) is 0 Å². The van der Waals surface area contributed by atoms with Gasteiger partial charge in [0.1, 0.15) is 5.75 Å². The summed E-state index contributed by atoms with van der Waals surface area (Å²) in [6.45, 7) is 2.87. The van der Waals surface area contributed by atoms with E-state index in [4.69, 9.17) is 9.47 Å². The van der Waals surface area contributed by atoms with Crippen molar-refractivity contribution in [1.82, 2.24) is 0 Å². The maximum absolute atomic E-state index is 12.2. The number of aromatic hydroxyl groups is 1. The minimum Gasteiger partial charge on any atom is -0.512 e. The van der Waals surface area contributed by atoms with Crippen molar-refractivity contribution in [3.63, 3.8) is 0 Å². The minimum atomic E-state index is -0.254. The number of phenols is 1. The van der Waals surface area contributed by atoms with Crippen LogP contribution in [-0.2, 0) is 25.5 Å². The molecule has 31 heavy (non-hydrogen) atoms. The van der Waals surface area contributed by atoms with Gasteiger partial charge in [-0.05, 0) is 67.2 Å². The zero-order valence-corrected chi connectivity index (χ0v) is 18.1. The van der Waals surface area contributed by atoms with Gasteiger partial charge in [0, 0.05) is 6.42 Å². The summed E-state index contributed by atoms with van der Waals surface area (Å²) in [6.07, 6.45) is 8.37. The molecule has 0 radical (unpaired) electrons. The van der Waals surface area contributed by atoms with E-state index in [0.29, 0.717) is 37.2 Å². The molecule has 3 rings (SSSR count). The van der Waals surface area contributed by atoms with Crippen LogP contribution in [0.15, 0.2) is 47.7 Å². The number of hydrogen-bond donors (Lipinski definition) is 2. The zero-order chi connectivity index (χ0) is 22.2. The zero-order valence-electron chi connectivity index (χ0n) is 18.1. The molecule has 6 heteroatoms. The standard InChI is InChI=1S/C25H32O6/c1-17-12-23(27)11-8-21(17)14-25(29)31-16-20-4-2-19(3-5-20)15-30-24(28)13-18-6-9-22(26)10-7-18/h6-11,17,19-20,26-27H,2-5,12-16H2,1H3/t17?,19-,20+. The molecule has 2 aliphatic carbocycles. The van der Waals surface area contributed by atoms with Crippen LogP contribution in [0.3, 0.4) is 0 Å². The molecule has 1 saturated carbocycles. The SMILES string of the molecule is CC1CC(O)=CC=C1CC(=O)OC[C@H]1CC[C@@H](COC(=O)Cc2ccc(O)cc2)CC1. The number of benzene rings is 1. The quantitative estimate of drug-likeness (QED) is 0.587. The van der Waals surface area contributed by atoms with Gasteiger partial charge < -0.3 is 19.7 Å². The Bertz CT molecular complexity index is 815. The molecular formula is C25H32O6. The Morgan fingerprint density at radius 3 is 1.97 bits per heavy atom. The van der Waals surface area contributed by atoms with Gasteiger partial charge in [0.15, 0.2) is 0 Å². The van der Waals surface area contributed by atoms with Gasteiger partial charge in [-0.1, -0.05) is 30.7 Å². The summed E-state index contributed by atoms with van der Waals surface area (Å²) in [5, 5.41) is 18.8. The van der Waals surface area contributed by atoms with E-state index in [1.54, 1.807) is 30.3 Å². The highest BCUT2D eigenvalue weighted by Crippen LogP contribution is 2.30. The fourth-order valence-corrected chi connectivity index (χ4v) is 4.15. The largest absolute Gasteiger partial charge is 0.512 e. The van der Waals surface area contributed by atoms with Crippen molar-refractivity contribution in [2.24, 2.45) is 17.8 Å². The van der Waals surface area contributed by atoms with Gasteiger partial charge in [-0.25, -0.2) is 0 Å². The third-order valence-electron chi connectivity index (χ3n) is 6.20. The van der Waals surface area contributed by atoms with Crippen LogP contribution in [0.1, 0.15) is 51.0 Å². The molecule has 2 N–H and O–H groups in total. The average molecular weight is 429 g/mol. The Labute approximate surface area is 183 Å². The van der Waals surface area contributed by atoms with Gasteiger partial charge in [0.05, 0.1) is 31.8 Å². The van der Waals surface area contributed by atoms with Crippen LogP contribution in [0, 0.1) is 17.8 Å². The molecule has 0 aliphatic heterocycles. The Morgan fingerprint density at radius 2 is 1.42 bits per heavy atom. The normalized spacial score (nSPS) is 23.5. The molecular weight excluding hydrogens is 396 g/mol. The van der Waals surface area contributed by atoms with Crippen molar-refractivity contribution in [3.05, 3.63) is 53.3 Å². The number of phenolic OH excluding ortho intramolecular Hbond substituents is 1. The smallest absolute Gasteiger partial charge is 0.310 e. The summed E-state index contributed by atoms with van der Waals surface area (Å²) in [7, 11) is 0. The van der Waals surface area contributed by atoms with E-state index < -0.39 is 0 Å². The van der Waals surface area contributed by atoms with Crippen LogP contribution >= 0.6 is 0 Å². The molecule has 1 unspecified atom stereocenters. The van der Waals surface area contributed by atoms with E-state index in [-0.39, 0.29) is 36.4 Å². The molecule has 0 aromatic heterocycles. The summed E-state index contributed by atoms with van der Waals surface area (Å²) in [5.74, 6) is 0.933. The molecule has 168 valence electrons. The molecule has 1 aromatic carbocycles. The number of aliphatic hydroxyl groups is 1. The van der Waals surface area contributed by atoms with Crippen LogP contribution in [0.2, 0.25) is 0 Å². The Kier molecular flexibility index (Phi) is 8.15. The third-order valence-corrected chi connectivity index (χ3v) is 6.20. The lowest BCUT2D eigenvalue weighted by atomic mass is 9.83. The first-order valence-corrected chi connectivity index (χ1v) is 11.1. The molecule has 0 heterocycles. The number of rotatable bonds is 8. The Morgan fingerprint density at radius 1 is 0.871 bits per heavy atom. The number of aliphatic hydroxyl groups excluding tert-OH is 1. The predicted octanol–water partition coefficient (Wildman–Crippen LogP) is 4.63. The second-order valence-corrected chi connectivity index (χ2v) is 8.78. The van der Waals surface area contributed by atoms with Crippen molar-refractivity contribution in [2.75, 3.05) is 13.2 Å². The number of carbonyl (C=O) groups excluding carboxylic acids is 2. The summed E-state index contributed by atoms with van der Waals surface area (Å²) in [4.78, 5) is 24.2. The van der Waals surface area contributed by atoms with Gasteiger partial charge in [-0.3, -0.25) is 9.59 Å². The Hall–Kier alpha value is -2.76. The average Bonchev–Trinajstić information content (AvgIpc) is 2.75. The molecule has 0 spiro atoms. The van der Waals surface area contributed by atoms with Crippen LogP contribution < -0.4 is 0 Å². The highest BCUT2D eigenvalue weighted by Gasteiger charge is 2.24. The van der Waals surface area contributed by atoms with Gasteiger partial charge in [-0.2, -0.15) is 0 Å². The predicted molar refractivity (Wildman–Crippen MR) is 116 cm³/mol. The first kappa shape index (κ1) is 22.9. The molecule has 0 bridgehead atoms. The van der Waals surface area contributed by atoms with E-state index in [2.05, 4.69) is 0 Å². The van der Waals surface area contributed by atoms with Crippen molar-refractivity contribution < 1.29 is 29.3 Å². The van der Waals surface area contributed by atoms with Crippen molar-refractivity contribution in [2.45, 2.75) is 51.9 Å². The minimum absolute atomic E-state index is 0.157. The first-order valence-electron chi connectivity index (χ1n) is 11.1. The van der Waals surface area contributed by atoms with Crippen LogP contribution in [0.5, 0.6) is 5.75 Å². The highest BCUT2D eigenvalue weighted by molar-refractivity contribution is 5.73. The summed E-state index contributed by atoms with van der Waals surface area (Å²) >= 11 is 0. The maximum Gasteiger partial charge on any atom is 0.310 e.